The van der Waals surface area contributed by atoms with Crippen LogP contribution >= 0.6 is 25.5 Å². The van der Waals surface area contributed by atoms with E-state index in [9.17, 15) is 0 Å². The molecule has 0 aliphatic heterocycles. The monoisotopic (exact) mass is 394 g/mol. The van der Waals surface area contributed by atoms with Gasteiger partial charge in [-0.15, -0.1) is 0 Å². The summed E-state index contributed by atoms with van der Waals surface area (Å²) < 4.78 is 1.43. The normalized spacial score (nSPS) is 13.1. The van der Waals surface area contributed by atoms with Crippen molar-refractivity contribution >= 4 is 42.9 Å². The molecule has 0 saturated carbocycles. The van der Waals surface area contributed by atoms with Gasteiger partial charge in [0.15, 0.2) is 0 Å². The van der Waals surface area contributed by atoms with Gasteiger partial charge in [0.05, 0.1) is 0 Å². The Hall–Kier alpha value is 0.970. The van der Waals surface area contributed by atoms with Crippen LogP contribution in [0.3, 0.4) is 0 Å². The molecule has 1 aromatic rings. The van der Waals surface area contributed by atoms with E-state index in [0.29, 0.717) is 0 Å². The zero-order valence-electron chi connectivity index (χ0n) is 6.47. The maximum absolute atomic E-state index is 3.72. The van der Waals surface area contributed by atoms with Gasteiger partial charge in [-0.05, 0) is 0 Å². The zero-order valence-corrected chi connectivity index (χ0v) is 12.0. The van der Waals surface area contributed by atoms with Gasteiger partial charge in [-0.25, -0.2) is 0 Å². The molecule has 1 rings (SSSR count). The van der Waals surface area contributed by atoms with Gasteiger partial charge in [-0.1, -0.05) is 0 Å². The van der Waals surface area contributed by atoms with E-state index in [4.69, 9.17) is 0 Å². The van der Waals surface area contributed by atoms with Crippen molar-refractivity contribution in [2.45, 2.75) is 11.9 Å². The van der Waals surface area contributed by atoms with Crippen LogP contribution in [0, 0.1) is 6.92 Å². The Morgan fingerprint density at radius 2 is 1.55 bits per heavy atom. The molecule has 0 bridgehead atoms. The van der Waals surface area contributed by atoms with E-state index in [1.165, 1.54) is 9.17 Å². The fraction of sp³-hybridized carbons (Fsp3) is 0.250. The standard InChI is InChI=1S/C8H10Br2Te/c1-7-3-5-8(6-4-7)11(2,9)10/h3-6H,1-2H3. The van der Waals surface area contributed by atoms with E-state index < -0.39 is 13.8 Å². The second kappa shape index (κ2) is 3.79. The van der Waals surface area contributed by atoms with Crippen LogP contribution in [0.4, 0.5) is 0 Å². The first-order chi connectivity index (χ1) is 5.00. The second-order valence-corrected chi connectivity index (χ2v) is 31.2. The van der Waals surface area contributed by atoms with Crippen molar-refractivity contribution < 1.29 is 0 Å². The number of hydrogen-bond acceptors (Lipinski definition) is 0. The summed E-state index contributed by atoms with van der Waals surface area (Å²) in [5.41, 5.74) is 1.32. The molecule has 0 aliphatic carbocycles. The molecule has 0 N–H and O–H groups in total. The molecular weight excluding hydrogens is 383 g/mol. The van der Waals surface area contributed by atoms with Gasteiger partial charge in [0, 0.05) is 0 Å². The van der Waals surface area contributed by atoms with Crippen molar-refractivity contribution in [1.29, 1.82) is 0 Å². The number of hydrogen-bond donors (Lipinski definition) is 0. The maximum atomic E-state index is 3.72. The Labute approximate surface area is 83.8 Å². The molecule has 0 aromatic heterocycles. The predicted molar refractivity (Wildman–Crippen MR) is 60.3 cm³/mol. The van der Waals surface area contributed by atoms with Crippen molar-refractivity contribution in [2.75, 3.05) is 0 Å². The van der Waals surface area contributed by atoms with Crippen LogP contribution in [0.25, 0.3) is 0 Å². The summed E-state index contributed by atoms with van der Waals surface area (Å²) in [4.78, 5) is 2.26. The molecule has 0 radical (unpaired) electrons. The summed E-state index contributed by atoms with van der Waals surface area (Å²) in [7, 11) is 0. The quantitative estimate of drug-likeness (QED) is 0.644. The third-order valence-corrected chi connectivity index (χ3v) is 9.59. The van der Waals surface area contributed by atoms with Crippen LogP contribution in [0.2, 0.25) is 4.97 Å². The number of aryl methyl sites for hydroxylation is 1. The summed E-state index contributed by atoms with van der Waals surface area (Å²) in [5.74, 6) is 0. The molecular formula is C8H10Br2Te. The summed E-state index contributed by atoms with van der Waals surface area (Å²) in [6.07, 6.45) is 0. The van der Waals surface area contributed by atoms with Crippen molar-refractivity contribution in [1.82, 2.24) is 0 Å². The number of benzene rings is 1. The van der Waals surface area contributed by atoms with Crippen LogP contribution in [0.1, 0.15) is 5.56 Å². The van der Waals surface area contributed by atoms with Crippen LogP contribution in [-0.2, 0) is 0 Å². The second-order valence-electron chi connectivity index (χ2n) is 2.54. The molecule has 0 fully saturated rings. The summed E-state index contributed by atoms with van der Waals surface area (Å²) in [6.45, 7) is 2.11. The number of halogens is 2. The molecule has 0 nitrogen and oxygen atoms in total. The van der Waals surface area contributed by atoms with Gasteiger partial charge >= 0.3 is 84.6 Å². The average Bonchev–Trinajstić information content (AvgIpc) is 1.86. The third kappa shape index (κ3) is 3.06. The molecule has 0 amide bonds. The average molecular weight is 394 g/mol. The third-order valence-electron chi connectivity index (χ3n) is 1.43. The summed E-state index contributed by atoms with van der Waals surface area (Å²) >= 11 is 5.51. The van der Waals surface area contributed by atoms with Crippen LogP contribution in [-0.4, -0.2) is 13.8 Å². The minimum atomic E-state index is -1.92. The van der Waals surface area contributed by atoms with Gasteiger partial charge in [-0.2, -0.15) is 0 Å². The molecule has 0 aliphatic rings. The fourth-order valence-corrected chi connectivity index (χ4v) is 5.43. The summed E-state index contributed by atoms with van der Waals surface area (Å²) in [5, 5.41) is 0. The first kappa shape index (κ1) is 10.1. The first-order valence-electron chi connectivity index (χ1n) is 3.24. The van der Waals surface area contributed by atoms with E-state index in [0.717, 1.165) is 0 Å². The van der Waals surface area contributed by atoms with Crippen LogP contribution < -0.4 is 3.61 Å². The first-order valence-corrected chi connectivity index (χ1v) is 17.2. The van der Waals surface area contributed by atoms with Crippen LogP contribution in [0.15, 0.2) is 24.3 Å². The predicted octanol–water partition coefficient (Wildman–Crippen LogP) is 3.06. The molecule has 0 atom stereocenters. The Bertz CT molecular complexity index is 235. The molecule has 0 unspecified atom stereocenters. The SMILES string of the molecule is Cc1ccc([Te](C)(Br)Br)cc1. The molecule has 0 spiro atoms. The molecule has 1 aromatic carbocycles. The molecule has 11 heavy (non-hydrogen) atoms. The van der Waals surface area contributed by atoms with E-state index >= 15 is 0 Å². The van der Waals surface area contributed by atoms with Crippen molar-refractivity contribution in [3.8, 4) is 0 Å². The van der Waals surface area contributed by atoms with Gasteiger partial charge in [-0.3, -0.25) is 0 Å². The molecule has 62 valence electrons. The van der Waals surface area contributed by atoms with Gasteiger partial charge in [0.25, 0.3) is 0 Å². The Morgan fingerprint density at radius 1 is 1.09 bits per heavy atom. The van der Waals surface area contributed by atoms with Crippen molar-refractivity contribution in [3.05, 3.63) is 29.8 Å². The van der Waals surface area contributed by atoms with Gasteiger partial charge in [0.1, 0.15) is 0 Å². The Morgan fingerprint density at radius 3 is 1.91 bits per heavy atom. The van der Waals surface area contributed by atoms with Crippen LogP contribution in [0.5, 0.6) is 0 Å². The topological polar surface area (TPSA) is 0 Å². The van der Waals surface area contributed by atoms with Crippen molar-refractivity contribution in [2.24, 2.45) is 0 Å². The number of rotatable bonds is 1. The zero-order chi connectivity index (χ0) is 8.48. The summed E-state index contributed by atoms with van der Waals surface area (Å²) in [6, 6.07) is 8.70. The van der Waals surface area contributed by atoms with Crippen molar-refractivity contribution in [3.63, 3.8) is 0 Å². The molecule has 3 heteroatoms. The van der Waals surface area contributed by atoms with Gasteiger partial charge < -0.3 is 0 Å². The Balaban J connectivity index is 2.99. The Kier molecular flexibility index (Phi) is 3.46. The minimum absolute atomic E-state index is 1.32. The molecule has 0 heterocycles. The fourth-order valence-electron chi connectivity index (χ4n) is 0.777. The van der Waals surface area contributed by atoms with E-state index in [-0.39, 0.29) is 0 Å². The van der Waals surface area contributed by atoms with E-state index in [1.54, 1.807) is 0 Å². The molecule has 0 saturated heterocycles. The van der Waals surface area contributed by atoms with E-state index in [1.807, 2.05) is 0 Å². The van der Waals surface area contributed by atoms with E-state index in [2.05, 4.69) is 61.7 Å². The van der Waals surface area contributed by atoms with Gasteiger partial charge in [0.2, 0.25) is 0 Å².